The van der Waals surface area contributed by atoms with Crippen LogP contribution in [0.2, 0.25) is 0 Å². The summed E-state index contributed by atoms with van der Waals surface area (Å²) in [5.41, 5.74) is 5.64. The largest absolute Gasteiger partial charge is 0.381 e. The van der Waals surface area contributed by atoms with E-state index in [0.717, 1.165) is 38.5 Å². The smallest absolute Gasteiger partial charge is 0.223 e. The molecule has 0 aromatic heterocycles. The van der Waals surface area contributed by atoms with Crippen LogP contribution in [0.4, 0.5) is 0 Å². The molecule has 0 aliphatic carbocycles. The molecule has 1 aliphatic heterocycles. The monoisotopic (exact) mass is 256 g/mol. The summed E-state index contributed by atoms with van der Waals surface area (Å²) < 4.78 is 5.36. The number of amides is 1. The van der Waals surface area contributed by atoms with E-state index in [-0.39, 0.29) is 17.4 Å². The van der Waals surface area contributed by atoms with Gasteiger partial charge < -0.3 is 15.8 Å². The summed E-state index contributed by atoms with van der Waals surface area (Å²) in [5.74, 6) is 0.331. The number of hydrogen-bond donors (Lipinski definition) is 2. The van der Waals surface area contributed by atoms with Gasteiger partial charge in [-0.25, -0.2) is 0 Å². The second kappa shape index (κ2) is 7.74. The minimum Gasteiger partial charge on any atom is -0.381 e. The van der Waals surface area contributed by atoms with Gasteiger partial charge in [-0.05, 0) is 25.7 Å². The van der Waals surface area contributed by atoms with Crippen molar-refractivity contribution in [2.24, 2.45) is 11.7 Å². The number of carbonyl (C=O) groups excluding carboxylic acids is 1. The van der Waals surface area contributed by atoms with E-state index in [1.165, 1.54) is 0 Å². The van der Waals surface area contributed by atoms with Crippen molar-refractivity contribution in [2.75, 3.05) is 19.8 Å². The normalized spacial score (nSPS) is 18.9. The lowest BCUT2D eigenvalue weighted by Crippen LogP contribution is -2.57. The van der Waals surface area contributed by atoms with Crippen LogP contribution in [0.1, 0.15) is 52.4 Å². The van der Waals surface area contributed by atoms with Crippen LogP contribution < -0.4 is 11.1 Å². The number of rotatable bonds is 7. The lowest BCUT2D eigenvalue weighted by atomic mass is 9.88. The van der Waals surface area contributed by atoms with Gasteiger partial charge >= 0.3 is 0 Å². The van der Waals surface area contributed by atoms with Crippen LogP contribution in [0.25, 0.3) is 0 Å². The van der Waals surface area contributed by atoms with E-state index >= 15 is 0 Å². The van der Waals surface area contributed by atoms with Gasteiger partial charge in [-0.15, -0.1) is 0 Å². The van der Waals surface area contributed by atoms with Gasteiger partial charge in [-0.3, -0.25) is 4.79 Å². The molecule has 0 bridgehead atoms. The molecule has 0 aromatic carbocycles. The van der Waals surface area contributed by atoms with Crippen molar-refractivity contribution in [3.05, 3.63) is 0 Å². The van der Waals surface area contributed by atoms with E-state index in [0.29, 0.717) is 19.8 Å². The first-order chi connectivity index (χ1) is 8.67. The Balaban J connectivity index is 2.58. The molecule has 4 nitrogen and oxygen atoms in total. The standard InChI is InChI=1S/C14H28N2O2/c1-3-5-12(6-4-2)13(17)16-14(11-15)7-9-18-10-8-14/h12H,3-11,15H2,1-2H3,(H,16,17). The molecule has 1 heterocycles. The summed E-state index contributed by atoms with van der Waals surface area (Å²) in [6, 6.07) is 0. The average Bonchev–Trinajstić information content (AvgIpc) is 2.39. The van der Waals surface area contributed by atoms with E-state index in [1.807, 2.05) is 0 Å². The summed E-state index contributed by atoms with van der Waals surface area (Å²) in [7, 11) is 0. The summed E-state index contributed by atoms with van der Waals surface area (Å²) in [5, 5.41) is 3.21. The molecular weight excluding hydrogens is 228 g/mol. The first kappa shape index (κ1) is 15.4. The Morgan fingerprint density at radius 3 is 2.28 bits per heavy atom. The topological polar surface area (TPSA) is 64.4 Å². The molecule has 0 saturated carbocycles. The second-order valence-corrected chi connectivity index (χ2v) is 5.36. The molecule has 0 unspecified atom stereocenters. The lowest BCUT2D eigenvalue weighted by Gasteiger charge is -2.38. The summed E-state index contributed by atoms with van der Waals surface area (Å²) in [6.07, 6.45) is 5.71. The lowest BCUT2D eigenvalue weighted by molar-refractivity contribution is -0.128. The van der Waals surface area contributed by atoms with Crippen LogP contribution >= 0.6 is 0 Å². The van der Waals surface area contributed by atoms with Gasteiger partial charge in [0.2, 0.25) is 5.91 Å². The summed E-state index contributed by atoms with van der Waals surface area (Å²) in [6.45, 7) is 6.16. The van der Waals surface area contributed by atoms with E-state index in [9.17, 15) is 4.79 Å². The number of nitrogens with two attached hydrogens (primary N) is 1. The highest BCUT2D eigenvalue weighted by Gasteiger charge is 2.34. The van der Waals surface area contributed by atoms with Gasteiger partial charge in [0.05, 0.1) is 5.54 Å². The molecule has 0 aromatic rings. The molecule has 106 valence electrons. The van der Waals surface area contributed by atoms with Crippen molar-refractivity contribution in [1.82, 2.24) is 5.32 Å². The molecule has 3 N–H and O–H groups in total. The number of hydrogen-bond acceptors (Lipinski definition) is 3. The zero-order chi connectivity index (χ0) is 13.4. The Morgan fingerprint density at radius 2 is 1.83 bits per heavy atom. The van der Waals surface area contributed by atoms with Crippen molar-refractivity contribution >= 4 is 5.91 Å². The molecule has 0 spiro atoms. The highest BCUT2D eigenvalue weighted by molar-refractivity contribution is 5.79. The zero-order valence-corrected chi connectivity index (χ0v) is 11.8. The molecule has 4 heteroatoms. The fraction of sp³-hybridized carbons (Fsp3) is 0.929. The maximum absolute atomic E-state index is 12.3. The molecular formula is C14H28N2O2. The highest BCUT2D eigenvalue weighted by atomic mass is 16.5. The molecule has 1 aliphatic rings. The molecule has 1 amide bonds. The first-order valence-corrected chi connectivity index (χ1v) is 7.27. The summed E-state index contributed by atoms with van der Waals surface area (Å²) in [4.78, 5) is 12.3. The minimum atomic E-state index is -0.227. The molecule has 0 atom stereocenters. The van der Waals surface area contributed by atoms with E-state index in [2.05, 4.69) is 19.2 Å². The second-order valence-electron chi connectivity index (χ2n) is 5.36. The Labute approximate surface area is 111 Å². The van der Waals surface area contributed by atoms with Crippen LogP contribution in [0.15, 0.2) is 0 Å². The quantitative estimate of drug-likeness (QED) is 0.730. The fourth-order valence-electron chi connectivity index (χ4n) is 2.61. The van der Waals surface area contributed by atoms with Crippen molar-refractivity contribution in [3.63, 3.8) is 0 Å². The van der Waals surface area contributed by atoms with Crippen LogP contribution in [-0.2, 0) is 9.53 Å². The third-order valence-corrected chi connectivity index (χ3v) is 3.87. The SMILES string of the molecule is CCCC(CCC)C(=O)NC1(CN)CCOCC1. The van der Waals surface area contributed by atoms with Crippen LogP contribution in [-0.4, -0.2) is 31.2 Å². The van der Waals surface area contributed by atoms with E-state index in [4.69, 9.17) is 10.5 Å². The predicted molar refractivity (Wildman–Crippen MR) is 73.3 cm³/mol. The van der Waals surface area contributed by atoms with E-state index < -0.39 is 0 Å². The van der Waals surface area contributed by atoms with E-state index in [1.54, 1.807) is 0 Å². The van der Waals surface area contributed by atoms with Crippen molar-refractivity contribution in [3.8, 4) is 0 Å². The van der Waals surface area contributed by atoms with Crippen molar-refractivity contribution < 1.29 is 9.53 Å². The molecule has 18 heavy (non-hydrogen) atoms. The Hall–Kier alpha value is -0.610. The van der Waals surface area contributed by atoms with Crippen LogP contribution in [0, 0.1) is 5.92 Å². The third kappa shape index (κ3) is 4.25. The van der Waals surface area contributed by atoms with Gasteiger partial charge in [0.1, 0.15) is 0 Å². The molecule has 1 saturated heterocycles. The number of carbonyl (C=O) groups is 1. The van der Waals surface area contributed by atoms with Crippen molar-refractivity contribution in [1.29, 1.82) is 0 Å². The fourth-order valence-corrected chi connectivity index (χ4v) is 2.61. The number of nitrogens with one attached hydrogen (secondary N) is 1. The Morgan fingerprint density at radius 1 is 1.28 bits per heavy atom. The van der Waals surface area contributed by atoms with Gasteiger partial charge in [0.15, 0.2) is 0 Å². The Kier molecular flexibility index (Phi) is 6.65. The molecule has 1 rings (SSSR count). The van der Waals surface area contributed by atoms with Gasteiger partial charge in [0.25, 0.3) is 0 Å². The van der Waals surface area contributed by atoms with Crippen LogP contribution in [0.3, 0.4) is 0 Å². The Bertz CT molecular complexity index is 244. The highest BCUT2D eigenvalue weighted by Crippen LogP contribution is 2.22. The van der Waals surface area contributed by atoms with Crippen molar-refractivity contribution in [2.45, 2.75) is 57.9 Å². The average molecular weight is 256 g/mol. The molecule has 0 radical (unpaired) electrons. The maximum Gasteiger partial charge on any atom is 0.223 e. The van der Waals surface area contributed by atoms with Gasteiger partial charge in [-0.2, -0.15) is 0 Å². The van der Waals surface area contributed by atoms with Gasteiger partial charge in [-0.1, -0.05) is 26.7 Å². The zero-order valence-electron chi connectivity index (χ0n) is 11.8. The first-order valence-electron chi connectivity index (χ1n) is 7.27. The molecule has 1 fully saturated rings. The summed E-state index contributed by atoms with van der Waals surface area (Å²) >= 11 is 0. The third-order valence-electron chi connectivity index (χ3n) is 3.87. The predicted octanol–water partition coefficient (Wildman–Crippen LogP) is 1.83. The van der Waals surface area contributed by atoms with Crippen LogP contribution in [0.5, 0.6) is 0 Å². The maximum atomic E-state index is 12.3. The number of ether oxygens (including phenoxy) is 1. The van der Waals surface area contributed by atoms with Gasteiger partial charge in [0, 0.05) is 25.7 Å². The minimum absolute atomic E-state index is 0.145.